The van der Waals surface area contributed by atoms with Crippen molar-refractivity contribution < 1.29 is 4.42 Å². The number of fused-ring (bicyclic) bond motifs is 1. The third-order valence-corrected chi connectivity index (χ3v) is 4.66. The number of nitrogens with two attached hydrogens (primary N) is 1. The van der Waals surface area contributed by atoms with Gasteiger partial charge in [-0.05, 0) is 24.3 Å². The third-order valence-electron chi connectivity index (χ3n) is 4.33. The van der Waals surface area contributed by atoms with Crippen molar-refractivity contribution >= 4 is 28.4 Å². The summed E-state index contributed by atoms with van der Waals surface area (Å²) in [6, 6.07) is 3.55. The van der Waals surface area contributed by atoms with Crippen molar-refractivity contribution in [3.8, 4) is 0 Å². The van der Waals surface area contributed by atoms with Crippen LogP contribution in [0.4, 0.5) is 5.69 Å². The van der Waals surface area contributed by atoms with Crippen LogP contribution in [0.3, 0.4) is 0 Å². The molecule has 0 bridgehead atoms. The second-order valence-electron chi connectivity index (χ2n) is 6.18. The minimum atomic E-state index is 0.245. The average Bonchev–Trinajstić information content (AvgIpc) is 2.71. The normalized spacial score (nSPS) is 22.8. The van der Waals surface area contributed by atoms with Gasteiger partial charge in [0.1, 0.15) is 5.52 Å². The Bertz CT molecular complexity index is 579. The van der Waals surface area contributed by atoms with Gasteiger partial charge in [0.15, 0.2) is 11.5 Å². The lowest BCUT2D eigenvalue weighted by Crippen LogP contribution is -2.26. The van der Waals surface area contributed by atoms with Crippen molar-refractivity contribution in [2.24, 2.45) is 5.41 Å². The highest BCUT2D eigenvalue weighted by atomic mass is 35.5. The van der Waals surface area contributed by atoms with Crippen LogP contribution in [0.2, 0.25) is 5.02 Å². The minimum Gasteiger partial charge on any atom is -0.440 e. The molecule has 1 heterocycles. The maximum Gasteiger partial charge on any atom is 0.199 e. The Labute approximate surface area is 118 Å². The molecular weight excluding hydrogens is 260 g/mol. The van der Waals surface area contributed by atoms with Crippen molar-refractivity contribution in [2.45, 2.75) is 45.4 Å². The first-order valence-corrected chi connectivity index (χ1v) is 7.20. The highest BCUT2D eigenvalue weighted by molar-refractivity contribution is 6.33. The van der Waals surface area contributed by atoms with Gasteiger partial charge in [-0.15, -0.1) is 0 Å². The molecule has 3 rings (SSSR count). The lowest BCUT2D eigenvalue weighted by atomic mass is 9.69. The number of halogens is 1. The second-order valence-corrected chi connectivity index (χ2v) is 6.59. The first-order valence-electron chi connectivity index (χ1n) is 6.83. The fourth-order valence-corrected chi connectivity index (χ4v) is 3.24. The van der Waals surface area contributed by atoms with Crippen LogP contribution in [0, 0.1) is 5.41 Å². The van der Waals surface area contributed by atoms with Crippen LogP contribution in [-0.4, -0.2) is 4.98 Å². The van der Waals surface area contributed by atoms with E-state index >= 15 is 0 Å². The fraction of sp³-hybridized carbons (Fsp3) is 0.533. The van der Waals surface area contributed by atoms with Gasteiger partial charge in [0.2, 0.25) is 0 Å². The van der Waals surface area contributed by atoms with Gasteiger partial charge >= 0.3 is 0 Å². The quantitative estimate of drug-likeness (QED) is 0.766. The average molecular weight is 279 g/mol. The molecular formula is C15H19ClN2O. The van der Waals surface area contributed by atoms with Gasteiger partial charge in [-0.1, -0.05) is 38.3 Å². The summed E-state index contributed by atoms with van der Waals surface area (Å²) in [6.07, 6.45) is 4.90. The molecule has 1 aliphatic carbocycles. The maximum absolute atomic E-state index is 6.03. The van der Waals surface area contributed by atoms with Gasteiger partial charge in [-0.3, -0.25) is 0 Å². The van der Waals surface area contributed by atoms with Crippen LogP contribution < -0.4 is 5.73 Å². The van der Waals surface area contributed by atoms with E-state index in [4.69, 9.17) is 21.8 Å². The largest absolute Gasteiger partial charge is 0.440 e. The van der Waals surface area contributed by atoms with Gasteiger partial charge < -0.3 is 10.2 Å². The maximum atomic E-state index is 6.03. The Balaban J connectivity index is 2.05. The van der Waals surface area contributed by atoms with Crippen LogP contribution in [0.1, 0.15) is 51.3 Å². The number of benzene rings is 1. The molecule has 0 radical (unpaired) electrons. The Kier molecular flexibility index (Phi) is 2.97. The zero-order chi connectivity index (χ0) is 13.6. The van der Waals surface area contributed by atoms with Crippen molar-refractivity contribution in [1.29, 1.82) is 0 Å². The highest BCUT2D eigenvalue weighted by Crippen LogP contribution is 2.47. The Morgan fingerprint density at radius 3 is 2.89 bits per heavy atom. The zero-order valence-corrected chi connectivity index (χ0v) is 12.1. The predicted octanol–water partition coefficient (Wildman–Crippen LogP) is 4.75. The molecule has 1 saturated carbocycles. The van der Waals surface area contributed by atoms with Gasteiger partial charge in [0, 0.05) is 12.0 Å². The SMILES string of the molecule is CC1(C)CCCCC1c1nc2cc(Cl)c(N)cc2o1. The molecule has 0 spiro atoms. The Morgan fingerprint density at radius 1 is 1.37 bits per heavy atom. The van der Waals surface area contributed by atoms with E-state index in [1.807, 2.05) is 0 Å². The standard InChI is InChI=1S/C15H19ClN2O/c1-15(2)6-4-3-5-9(15)14-18-12-7-10(16)11(17)8-13(12)19-14/h7-9H,3-6,17H2,1-2H3. The number of anilines is 1. The topological polar surface area (TPSA) is 52.0 Å². The van der Waals surface area contributed by atoms with Gasteiger partial charge in [0.25, 0.3) is 0 Å². The molecule has 1 unspecified atom stereocenters. The Hall–Kier alpha value is -1.22. The zero-order valence-electron chi connectivity index (χ0n) is 11.4. The van der Waals surface area contributed by atoms with E-state index in [0.717, 1.165) is 23.4 Å². The van der Waals surface area contributed by atoms with Crippen molar-refractivity contribution in [3.05, 3.63) is 23.0 Å². The van der Waals surface area contributed by atoms with Crippen molar-refractivity contribution in [1.82, 2.24) is 4.98 Å². The van der Waals surface area contributed by atoms with E-state index in [2.05, 4.69) is 18.8 Å². The third kappa shape index (κ3) is 2.20. The summed E-state index contributed by atoms with van der Waals surface area (Å²) in [6.45, 7) is 4.60. The smallest absolute Gasteiger partial charge is 0.199 e. The number of hydrogen-bond donors (Lipinski definition) is 1. The molecule has 102 valence electrons. The minimum absolute atomic E-state index is 0.245. The van der Waals surface area contributed by atoms with Crippen LogP contribution >= 0.6 is 11.6 Å². The molecule has 1 aromatic carbocycles. The van der Waals surface area contributed by atoms with Crippen molar-refractivity contribution in [2.75, 3.05) is 5.73 Å². The molecule has 0 amide bonds. The molecule has 1 aliphatic rings. The number of nitrogens with zero attached hydrogens (tertiary/aromatic N) is 1. The van der Waals surface area contributed by atoms with Crippen LogP contribution in [0.5, 0.6) is 0 Å². The first kappa shape index (κ1) is 12.8. The molecule has 2 aromatic rings. The number of nitrogen functional groups attached to an aromatic ring is 1. The molecule has 2 N–H and O–H groups in total. The summed E-state index contributed by atoms with van der Waals surface area (Å²) < 4.78 is 5.93. The summed E-state index contributed by atoms with van der Waals surface area (Å²) in [5, 5.41) is 0.537. The van der Waals surface area contributed by atoms with Gasteiger partial charge in [0.05, 0.1) is 10.7 Å². The Morgan fingerprint density at radius 2 is 2.16 bits per heavy atom. The molecule has 1 aromatic heterocycles. The van der Waals surface area contributed by atoms with E-state index in [1.165, 1.54) is 19.3 Å². The monoisotopic (exact) mass is 278 g/mol. The van der Waals surface area contributed by atoms with Crippen LogP contribution in [0.15, 0.2) is 16.5 Å². The molecule has 0 aliphatic heterocycles. The molecule has 4 heteroatoms. The lowest BCUT2D eigenvalue weighted by molar-refractivity contribution is 0.175. The van der Waals surface area contributed by atoms with Crippen LogP contribution in [0.25, 0.3) is 11.1 Å². The summed E-state index contributed by atoms with van der Waals surface area (Å²) in [4.78, 5) is 4.63. The molecule has 3 nitrogen and oxygen atoms in total. The summed E-state index contributed by atoms with van der Waals surface area (Å²) >= 11 is 6.03. The van der Waals surface area contributed by atoms with Crippen LogP contribution in [-0.2, 0) is 0 Å². The summed E-state index contributed by atoms with van der Waals surface area (Å²) in [7, 11) is 0. The number of rotatable bonds is 1. The van der Waals surface area contributed by atoms with E-state index in [1.54, 1.807) is 12.1 Å². The predicted molar refractivity (Wildman–Crippen MR) is 78.4 cm³/mol. The summed E-state index contributed by atoms with van der Waals surface area (Å²) in [5.74, 6) is 1.22. The molecule has 0 saturated heterocycles. The van der Waals surface area contributed by atoms with E-state index in [0.29, 0.717) is 16.6 Å². The highest BCUT2D eigenvalue weighted by Gasteiger charge is 2.36. The number of oxazole rings is 1. The lowest BCUT2D eigenvalue weighted by Gasteiger charge is -2.36. The van der Waals surface area contributed by atoms with E-state index in [-0.39, 0.29) is 5.41 Å². The summed E-state index contributed by atoms with van der Waals surface area (Å²) in [5.41, 5.74) is 8.13. The van der Waals surface area contributed by atoms with Gasteiger partial charge in [-0.25, -0.2) is 4.98 Å². The number of hydrogen-bond acceptors (Lipinski definition) is 3. The first-order chi connectivity index (χ1) is 8.97. The molecule has 1 fully saturated rings. The number of aromatic nitrogens is 1. The van der Waals surface area contributed by atoms with E-state index < -0.39 is 0 Å². The second kappa shape index (κ2) is 4.41. The van der Waals surface area contributed by atoms with Gasteiger partial charge in [-0.2, -0.15) is 0 Å². The molecule has 19 heavy (non-hydrogen) atoms. The fourth-order valence-electron chi connectivity index (χ4n) is 3.08. The molecule has 1 atom stereocenters. The van der Waals surface area contributed by atoms with E-state index in [9.17, 15) is 0 Å². The van der Waals surface area contributed by atoms with Crippen molar-refractivity contribution in [3.63, 3.8) is 0 Å².